The van der Waals surface area contributed by atoms with Gasteiger partial charge in [0.1, 0.15) is 10.9 Å². The van der Waals surface area contributed by atoms with Crippen LogP contribution in [0.15, 0.2) is 39.7 Å². The molecule has 1 amide bonds. The number of amides is 1. The number of nitrogens with one attached hydrogen (secondary N) is 1. The molecule has 28 heavy (non-hydrogen) atoms. The lowest BCUT2D eigenvalue weighted by Crippen LogP contribution is -2.17. The van der Waals surface area contributed by atoms with Crippen LogP contribution in [0, 0.1) is 0 Å². The van der Waals surface area contributed by atoms with E-state index in [1.54, 1.807) is 30.3 Å². The number of halogens is 3. The van der Waals surface area contributed by atoms with Crippen molar-refractivity contribution >= 4 is 79.4 Å². The van der Waals surface area contributed by atoms with Crippen LogP contribution in [0.4, 0.5) is 0 Å². The van der Waals surface area contributed by atoms with Gasteiger partial charge in [0.25, 0.3) is 5.91 Å². The van der Waals surface area contributed by atoms with Gasteiger partial charge in [0.2, 0.25) is 0 Å². The Morgan fingerprint density at radius 1 is 1.25 bits per heavy atom. The van der Waals surface area contributed by atoms with Crippen molar-refractivity contribution in [2.45, 2.75) is 13.5 Å². The van der Waals surface area contributed by atoms with E-state index in [4.69, 9.17) is 44.9 Å². The highest BCUT2D eigenvalue weighted by Gasteiger charge is 2.22. The molecular formula is C19H14BrCl2NO3S2. The average molecular weight is 519 g/mol. The Balaban J connectivity index is 1.90. The Labute approximate surface area is 190 Å². The lowest BCUT2D eigenvalue weighted by Gasteiger charge is -2.16. The van der Waals surface area contributed by atoms with Crippen molar-refractivity contribution in [1.29, 1.82) is 0 Å². The molecule has 0 aromatic heterocycles. The zero-order chi connectivity index (χ0) is 20.3. The van der Waals surface area contributed by atoms with Crippen LogP contribution in [-0.4, -0.2) is 16.8 Å². The van der Waals surface area contributed by atoms with Crippen molar-refractivity contribution in [2.75, 3.05) is 6.61 Å². The number of ether oxygens (including phenoxy) is 2. The van der Waals surface area contributed by atoms with Crippen LogP contribution in [0.3, 0.4) is 0 Å². The molecule has 2 aromatic carbocycles. The van der Waals surface area contributed by atoms with Crippen molar-refractivity contribution in [1.82, 2.24) is 5.32 Å². The molecule has 1 heterocycles. The summed E-state index contributed by atoms with van der Waals surface area (Å²) in [6, 6.07) is 8.94. The fourth-order valence-electron chi connectivity index (χ4n) is 2.46. The summed E-state index contributed by atoms with van der Waals surface area (Å²) in [6.07, 6.45) is 1.75. The molecule has 3 rings (SSSR count). The van der Waals surface area contributed by atoms with Crippen molar-refractivity contribution in [2.24, 2.45) is 0 Å². The van der Waals surface area contributed by atoms with Crippen LogP contribution in [-0.2, 0) is 11.4 Å². The maximum Gasteiger partial charge on any atom is 0.263 e. The summed E-state index contributed by atoms with van der Waals surface area (Å²) in [5.41, 5.74) is 1.47. The van der Waals surface area contributed by atoms with Crippen molar-refractivity contribution in [3.8, 4) is 11.5 Å². The van der Waals surface area contributed by atoms with Crippen molar-refractivity contribution < 1.29 is 14.3 Å². The first-order valence-corrected chi connectivity index (χ1v) is 10.9. The predicted octanol–water partition coefficient (Wildman–Crippen LogP) is 6.22. The highest BCUT2D eigenvalue weighted by atomic mass is 79.9. The monoisotopic (exact) mass is 517 g/mol. The van der Waals surface area contributed by atoms with Gasteiger partial charge in [-0.05, 0) is 58.8 Å². The molecular weight excluding hydrogens is 505 g/mol. The van der Waals surface area contributed by atoms with Gasteiger partial charge in [-0.2, -0.15) is 0 Å². The third-order valence-corrected chi connectivity index (χ3v) is 6.15. The number of rotatable bonds is 6. The normalized spacial score (nSPS) is 15.1. The Hall–Kier alpha value is -1.25. The Kier molecular flexibility index (Phi) is 7.28. The van der Waals surface area contributed by atoms with Crippen LogP contribution in [0.25, 0.3) is 6.08 Å². The number of carbonyl (C=O) groups is 1. The quantitative estimate of drug-likeness (QED) is 0.363. The van der Waals surface area contributed by atoms with Crippen molar-refractivity contribution in [3.05, 3.63) is 60.9 Å². The number of hydrogen-bond donors (Lipinski definition) is 1. The zero-order valence-corrected chi connectivity index (χ0v) is 19.3. The largest absolute Gasteiger partial charge is 0.490 e. The number of carbonyl (C=O) groups excluding carboxylic acids is 1. The SMILES string of the molecule is CCOc1cc(/C=C2\SC(=S)NC2=O)cc(Br)c1OCc1c(Cl)cccc1Cl. The van der Waals surface area contributed by atoms with Gasteiger partial charge in [-0.25, -0.2) is 0 Å². The van der Waals surface area contributed by atoms with Gasteiger partial charge in [-0.1, -0.05) is 53.2 Å². The smallest absolute Gasteiger partial charge is 0.263 e. The second-order valence-corrected chi connectivity index (χ2v) is 8.99. The first-order valence-electron chi connectivity index (χ1n) is 8.16. The van der Waals surface area contributed by atoms with Crippen LogP contribution in [0.1, 0.15) is 18.1 Å². The first kappa shape index (κ1) is 21.5. The van der Waals surface area contributed by atoms with Gasteiger partial charge in [0.15, 0.2) is 11.5 Å². The van der Waals surface area contributed by atoms with Crippen molar-refractivity contribution in [3.63, 3.8) is 0 Å². The van der Waals surface area contributed by atoms with Gasteiger partial charge in [-0.15, -0.1) is 0 Å². The van der Waals surface area contributed by atoms with E-state index in [1.807, 2.05) is 13.0 Å². The van der Waals surface area contributed by atoms with E-state index >= 15 is 0 Å². The summed E-state index contributed by atoms with van der Waals surface area (Å²) < 4.78 is 12.8. The average Bonchev–Trinajstić information content (AvgIpc) is 2.93. The number of hydrogen-bond acceptors (Lipinski definition) is 5. The van der Waals surface area contributed by atoms with Gasteiger partial charge in [-0.3, -0.25) is 4.79 Å². The molecule has 0 atom stereocenters. The first-order chi connectivity index (χ1) is 13.4. The molecule has 0 radical (unpaired) electrons. The standard InChI is InChI=1S/C19H14BrCl2NO3S2/c1-2-25-15-7-10(8-16-18(24)23-19(27)28-16)6-12(20)17(15)26-9-11-13(21)4-3-5-14(11)22/h3-8H,2,9H2,1H3,(H,23,24,27)/b16-8-. The molecule has 1 saturated heterocycles. The Morgan fingerprint density at radius 2 is 1.96 bits per heavy atom. The maximum absolute atomic E-state index is 11.9. The number of thioether (sulfide) groups is 1. The molecule has 2 aromatic rings. The molecule has 1 aliphatic heterocycles. The Bertz CT molecular complexity index is 962. The molecule has 4 nitrogen and oxygen atoms in total. The second kappa shape index (κ2) is 9.50. The minimum Gasteiger partial charge on any atom is -0.490 e. The highest BCUT2D eigenvalue weighted by Crippen LogP contribution is 2.39. The molecule has 0 bridgehead atoms. The Morgan fingerprint density at radius 3 is 2.57 bits per heavy atom. The van der Waals surface area contributed by atoms with E-state index in [-0.39, 0.29) is 12.5 Å². The second-order valence-electron chi connectivity index (χ2n) is 5.60. The topological polar surface area (TPSA) is 47.6 Å². The molecule has 1 fully saturated rings. The van der Waals surface area contributed by atoms with E-state index in [0.717, 1.165) is 5.56 Å². The predicted molar refractivity (Wildman–Crippen MR) is 122 cm³/mol. The summed E-state index contributed by atoms with van der Waals surface area (Å²) in [4.78, 5) is 12.4. The van der Waals surface area contributed by atoms with E-state index in [2.05, 4.69) is 21.2 Å². The summed E-state index contributed by atoms with van der Waals surface area (Å²) in [7, 11) is 0. The van der Waals surface area contributed by atoms with Gasteiger partial charge >= 0.3 is 0 Å². The van der Waals surface area contributed by atoms with E-state index in [9.17, 15) is 4.79 Å². The molecule has 9 heteroatoms. The molecule has 1 N–H and O–H groups in total. The van der Waals surface area contributed by atoms with Crippen LogP contribution in [0.2, 0.25) is 10.0 Å². The lowest BCUT2D eigenvalue weighted by molar-refractivity contribution is -0.115. The molecule has 0 saturated carbocycles. The summed E-state index contributed by atoms with van der Waals surface area (Å²) in [5.74, 6) is 0.856. The molecule has 1 aliphatic rings. The summed E-state index contributed by atoms with van der Waals surface area (Å²) in [5, 5.41) is 3.66. The van der Waals surface area contributed by atoms with E-state index in [0.29, 0.717) is 47.4 Å². The zero-order valence-electron chi connectivity index (χ0n) is 14.6. The van der Waals surface area contributed by atoms with Gasteiger partial charge in [0.05, 0.1) is 16.0 Å². The van der Waals surface area contributed by atoms with Crippen LogP contribution < -0.4 is 14.8 Å². The third kappa shape index (κ3) is 5.02. The van der Waals surface area contributed by atoms with E-state index < -0.39 is 0 Å². The molecule has 146 valence electrons. The minimum atomic E-state index is -0.210. The highest BCUT2D eigenvalue weighted by molar-refractivity contribution is 9.10. The third-order valence-electron chi connectivity index (χ3n) is 3.69. The molecule has 0 aliphatic carbocycles. The van der Waals surface area contributed by atoms with Crippen LogP contribution >= 0.6 is 63.1 Å². The minimum absolute atomic E-state index is 0.185. The number of benzene rings is 2. The fraction of sp³-hybridized carbons (Fsp3) is 0.158. The maximum atomic E-state index is 11.9. The van der Waals surface area contributed by atoms with E-state index in [1.165, 1.54) is 11.8 Å². The van der Waals surface area contributed by atoms with Gasteiger partial charge < -0.3 is 14.8 Å². The fourth-order valence-corrected chi connectivity index (χ4v) is 4.59. The molecule has 0 unspecified atom stereocenters. The van der Waals surface area contributed by atoms with Crippen LogP contribution in [0.5, 0.6) is 11.5 Å². The van der Waals surface area contributed by atoms with Gasteiger partial charge in [0, 0.05) is 15.6 Å². The summed E-state index contributed by atoms with van der Waals surface area (Å²) in [6.45, 7) is 2.52. The lowest BCUT2D eigenvalue weighted by atomic mass is 10.1. The summed E-state index contributed by atoms with van der Waals surface area (Å²) >= 11 is 22.2. The molecule has 0 spiro atoms. The number of thiocarbonyl (C=S) groups is 1.